The number of halogens is 3. The van der Waals surface area contributed by atoms with E-state index >= 15 is 0 Å². The summed E-state index contributed by atoms with van der Waals surface area (Å²) in [6.45, 7) is 2.44. The van der Waals surface area contributed by atoms with Gasteiger partial charge in [-0.15, -0.1) is 24.8 Å². The van der Waals surface area contributed by atoms with Gasteiger partial charge in [-0.1, -0.05) is 24.3 Å². The van der Waals surface area contributed by atoms with Crippen molar-refractivity contribution in [1.29, 1.82) is 0 Å². The monoisotopic (exact) mass is 433 g/mol. The summed E-state index contributed by atoms with van der Waals surface area (Å²) in [6, 6.07) is 16.0. The van der Waals surface area contributed by atoms with Crippen LogP contribution in [-0.4, -0.2) is 35.4 Å². The zero-order chi connectivity index (χ0) is 18.4. The number of amides is 1. The first kappa shape index (κ1) is 21.5. The number of nitrogens with zero attached hydrogens (tertiary/aromatic N) is 2. The SMILES string of the molecule is Cl.Cl.O=C(c1cccc2ncccc12)N1C[C@@H]2CNC[C@@H]2[C@H]1c1cccc(F)c1. The van der Waals surface area contributed by atoms with Crippen molar-refractivity contribution >= 4 is 41.6 Å². The Labute approximate surface area is 181 Å². The minimum atomic E-state index is -0.260. The molecule has 3 aromatic rings. The predicted octanol–water partition coefficient (Wildman–Crippen LogP) is 4.25. The van der Waals surface area contributed by atoms with Crippen molar-refractivity contribution in [3.8, 4) is 0 Å². The molecule has 7 heteroatoms. The summed E-state index contributed by atoms with van der Waals surface area (Å²) < 4.78 is 13.9. The average molecular weight is 434 g/mol. The Bertz CT molecular complexity index is 1030. The number of carbonyl (C=O) groups excluding carboxylic acids is 1. The number of rotatable bonds is 2. The molecule has 2 aliphatic heterocycles. The van der Waals surface area contributed by atoms with Crippen LogP contribution in [0.1, 0.15) is 22.0 Å². The van der Waals surface area contributed by atoms with Gasteiger partial charge in [0.1, 0.15) is 5.82 Å². The summed E-state index contributed by atoms with van der Waals surface area (Å²) in [5, 5.41) is 4.29. The Hall–Kier alpha value is -2.21. The highest BCUT2D eigenvalue weighted by atomic mass is 35.5. The molecule has 2 aromatic carbocycles. The van der Waals surface area contributed by atoms with Gasteiger partial charge in [0.25, 0.3) is 5.91 Å². The van der Waals surface area contributed by atoms with Crippen LogP contribution in [0, 0.1) is 17.7 Å². The highest BCUT2D eigenvalue weighted by Crippen LogP contribution is 2.43. The first-order valence-corrected chi connectivity index (χ1v) is 9.33. The molecule has 0 saturated carbocycles. The third kappa shape index (κ3) is 3.70. The largest absolute Gasteiger partial charge is 0.331 e. The fraction of sp³-hybridized carbons (Fsp3) is 0.273. The van der Waals surface area contributed by atoms with E-state index in [-0.39, 0.29) is 42.6 Å². The molecular weight excluding hydrogens is 412 g/mol. The van der Waals surface area contributed by atoms with Crippen LogP contribution in [0.2, 0.25) is 0 Å². The topological polar surface area (TPSA) is 45.2 Å². The van der Waals surface area contributed by atoms with Crippen molar-refractivity contribution in [3.63, 3.8) is 0 Å². The van der Waals surface area contributed by atoms with Gasteiger partial charge in [-0.3, -0.25) is 9.78 Å². The molecule has 0 spiro atoms. The van der Waals surface area contributed by atoms with Gasteiger partial charge < -0.3 is 10.2 Å². The van der Waals surface area contributed by atoms with Gasteiger partial charge in [0, 0.05) is 42.7 Å². The van der Waals surface area contributed by atoms with Crippen LogP contribution < -0.4 is 5.32 Å². The fourth-order valence-corrected chi connectivity index (χ4v) is 4.69. The molecule has 1 N–H and O–H groups in total. The number of fused-ring (bicyclic) bond motifs is 2. The zero-order valence-corrected chi connectivity index (χ0v) is 17.3. The molecule has 3 atom stereocenters. The van der Waals surface area contributed by atoms with Gasteiger partial charge in [0.2, 0.25) is 0 Å². The Balaban J connectivity index is 0.00000120. The van der Waals surface area contributed by atoms with E-state index in [2.05, 4.69) is 10.3 Å². The third-order valence-corrected chi connectivity index (χ3v) is 5.89. The molecule has 0 radical (unpaired) electrons. The van der Waals surface area contributed by atoms with E-state index in [0.717, 1.165) is 29.6 Å². The summed E-state index contributed by atoms with van der Waals surface area (Å²) in [7, 11) is 0. The molecule has 0 unspecified atom stereocenters. The molecule has 2 aliphatic rings. The van der Waals surface area contributed by atoms with Crippen LogP contribution in [0.25, 0.3) is 10.9 Å². The van der Waals surface area contributed by atoms with Crippen LogP contribution in [0.3, 0.4) is 0 Å². The van der Waals surface area contributed by atoms with Crippen LogP contribution >= 0.6 is 24.8 Å². The Morgan fingerprint density at radius 3 is 2.72 bits per heavy atom. The van der Waals surface area contributed by atoms with E-state index in [0.29, 0.717) is 23.9 Å². The van der Waals surface area contributed by atoms with Crippen LogP contribution in [0.5, 0.6) is 0 Å². The Kier molecular flexibility index (Phi) is 6.42. The molecule has 2 fully saturated rings. The lowest BCUT2D eigenvalue weighted by Gasteiger charge is -2.29. The van der Waals surface area contributed by atoms with Crippen LogP contribution in [-0.2, 0) is 0 Å². The minimum absolute atomic E-state index is 0. The summed E-state index contributed by atoms with van der Waals surface area (Å²) in [6.07, 6.45) is 1.73. The van der Waals surface area contributed by atoms with Crippen molar-refractivity contribution in [2.45, 2.75) is 6.04 Å². The first-order chi connectivity index (χ1) is 13.2. The molecule has 3 heterocycles. The second kappa shape index (κ2) is 8.66. The molecule has 152 valence electrons. The Morgan fingerprint density at radius 2 is 1.90 bits per heavy atom. The maximum Gasteiger partial charge on any atom is 0.255 e. The molecule has 0 bridgehead atoms. The van der Waals surface area contributed by atoms with Gasteiger partial charge in [-0.25, -0.2) is 4.39 Å². The van der Waals surface area contributed by atoms with Crippen molar-refractivity contribution in [1.82, 2.24) is 15.2 Å². The summed E-state index contributed by atoms with van der Waals surface area (Å²) in [5.41, 5.74) is 2.35. The van der Waals surface area contributed by atoms with Crippen LogP contribution in [0.4, 0.5) is 4.39 Å². The average Bonchev–Trinajstić information content (AvgIpc) is 3.28. The highest BCUT2D eigenvalue weighted by Gasteiger charge is 2.47. The lowest BCUT2D eigenvalue weighted by molar-refractivity contribution is 0.0716. The number of hydrogen-bond donors (Lipinski definition) is 1. The van der Waals surface area contributed by atoms with Gasteiger partial charge in [-0.2, -0.15) is 0 Å². The predicted molar refractivity (Wildman–Crippen MR) is 116 cm³/mol. The normalized spacial score (nSPS) is 22.7. The maximum absolute atomic E-state index is 13.9. The van der Waals surface area contributed by atoms with Gasteiger partial charge >= 0.3 is 0 Å². The number of aromatic nitrogens is 1. The van der Waals surface area contributed by atoms with E-state index < -0.39 is 0 Å². The van der Waals surface area contributed by atoms with Crippen molar-refractivity contribution in [2.75, 3.05) is 19.6 Å². The standard InChI is InChI=1S/C22H20FN3O.2ClH/c23-16-5-1-4-14(10-16)21-19-12-24-11-15(19)13-26(21)22(27)18-6-2-8-20-17(18)7-3-9-25-20;;/h1-10,15,19,21,24H,11-13H2;2*1H/t15-,19-,21+;;/m0../s1. The second-order valence-electron chi connectivity index (χ2n) is 7.42. The van der Waals surface area contributed by atoms with Crippen LogP contribution in [0.15, 0.2) is 60.8 Å². The third-order valence-electron chi connectivity index (χ3n) is 5.89. The highest BCUT2D eigenvalue weighted by molar-refractivity contribution is 6.06. The number of likely N-dealkylation sites (tertiary alicyclic amines) is 1. The lowest BCUT2D eigenvalue weighted by Crippen LogP contribution is -2.34. The molecule has 0 aliphatic carbocycles. The number of carbonyl (C=O) groups is 1. The number of nitrogens with one attached hydrogen (secondary N) is 1. The Morgan fingerprint density at radius 1 is 1.07 bits per heavy atom. The number of pyridine rings is 1. The number of benzene rings is 2. The zero-order valence-electron chi connectivity index (χ0n) is 15.6. The molecule has 29 heavy (non-hydrogen) atoms. The lowest BCUT2D eigenvalue weighted by atomic mass is 9.89. The van der Waals surface area contributed by atoms with E-state index in [1.807, 2.05) is 41.3 Å². The van der Waals surface area contributed by atoms with Gasteiger partial charge in [-0.05, 0) is 41.8 Å². The van der Waals surface area contributed by atoms with Crippen molar-refractivity contribution in [2.24, 2.45) is 11.8 Å². The van der Waals surface area contributed by atoms with Gasteiger partial charge in [0.05, 0.1) is 11.6 Å². The molecule has 4 nitrogen and oxygen atoms in total. The quantitative estimate of drug-likeness (QED) is 0.656. The first-order valence-electron chi connectivity index (χ1n) is 9.33. The smallest absolute Gasteiger partial charge is 0.255 e. The van der Waals surface area contributed by atoms with E-state index in [9.17, 15) is 9.18 Å². The molecular formula is C22H22Cl2FN3O. The molecule has 1 aromatic heterocycles. The van der Waals surface area contributed by atoms with E-state index in [1.54, 1.807) is 18.3 Å². The summed E-state index contributed by atoms with van der Waals surface area (Å²) in [4.78, 5) is 19.8. The minimum Gasteiger partial charge on any atom is -0.331 e. The van der Waals surface area contributed by atoms with Gasteiger partial charge in [0.15, 0.2) is 0 Å². The van der Waals surface area contributed by atoms with Crippen molar-refractivity contribution < 1.29 is 9.18 Å². The van der Waals surface area contributed by atoms with E-state index in [4.69, 9.17) is 0 Å². The molecule has 1 amide bonds. The molecule has 2 saturated heterocycles. The van der Waals surface area contributed by atoms with Crippen molar-refractivity contribution in [3.05, 3.63) is 77.7 Å². The molecule has 5 rings (SSSR count). The summed E-state index contributed by atoms with van der Waals surface area (Å²) >= 11 is 0. The number of hydrogen-bond acceptors (Lipinski definition) is 3. The fourth-order valence-electron chi connectivity index (χ4n) is 4.69. The summed E-state index contributed by atoms with van der Waals surface area (Å²) in [5.74, 6) is 0.445. The van der Waals surface area contributed by atoms with E-state index in [1.165, 1.54) is 6.07 Å². The maximum atomic E-state index is 13.9. The second-order valence-corrected chi connectivity index (χ2v) is 7.42.